The van der Waals surface area contributed by atoms with Crippen LogP contribution in [0.5, 0.6) is 0 Å². The van der Waals surface area contributed by atoms with Crippen molar-refractivity contribution in [2.24, 2.45) is 0 Å². The maximum absolute atomic E-state index is 11.3. The molecule has 0 aromatic heterocycles. The molecule has 3 aliphatic heterocycles. The van der Waals surface area contributed by atoms with Gasteiger partial charge in [0.1, 0.15) is 12.1 Å². The maximum Gasteiger partial charge on any atom is 0.410 e. The lowest BCUT2D eigenvalue weighted by atomic mass is 9.97. The Morgan fingerprint density at radius 2 is 2.07 bits per heavy atom. The Kier molecular flexibility index (Phi) is 1.70. The van der Waals surface area contributed by atoms with Gasteiger partial charge in [0.05, 0.1) is 13.0 Å². The second kappa shape index (κ2) is 2.85. The molecule has 0 bridgehead atoms. The Morgan fingerprint density at radius 1 is 1.27 bits per heavy atom. The molecule has 3 aliphatic rings. The molecule has 4 atom stereocenters. The predicted molar refractivity (Wildman–Crippen MR) is 46.1 cm³/mol. The first-order chi connectivity index (χ1) is 7.16. The van der Waals surface area contributed by atoms with Gasteiger partial charge >= 0.3 is 12.1 Å². The molecule has 3 rings (SSSR count). The van der Waals surface area contributed by atoms with Crippen LogP contribution in [0.3, 0.4) is 0 Å². The van der Waals surface area contributed by atoms with Crippen molar-refractivity contribution in [3.8, 4) is 0 Å². The van der Waals surface area contributed by atoms with Gasteiger partial charge in [-0.15, -0.1) is 0 Å². The molecule has 3 heterocycles. The predicted octanol–water partition coefficient (Wildman–Crippen LogP) is -0.480. The second-order valence-electron chi connectivity index (χ2n) is 4.05. The minimum Gasteiger partial charge on any atom is -0.457 e. The van der Waals surface area contributed by atoms with E-state index in [1.54, 1.807) is 7.05 Å². The van der Waals surface area contributed by atoms with Crippen molar-refractivity contribution in [2.45, 2.75) is 30.8 Å². The average Bonchev–Trinajstić information content (AvgIpc) is 2.68. The van der Waals surface area contributed by atoms with Crippen molar-refractivity contribution in [3.05, 3.63) is 0 Å². The van der Waals surface area contributed by atoms with Crippen molar-refractivity contribution >= 4 is 12.1 Å². The van der Waals surface area contributed by atoms with Crippen LogP contribution < -0.4 is 0 Å². The fraction of sp³-hybridized carbons (Fsp3) is 0.778. The molecular weight excluding hydrogens is 202 g/mol. The van der Waals surface area contributed by atoms with Gasteiger partial charge in [0.2, 0.25) is 0 Å². The van der Waals surface area contributed by atoms with Crippen molar-refractivity contribution in [2.75, 3.05) is 13.7 Å². The van der Waals surface area contributed by atoms with Gasteiger partial charge in [-0.1, -0.05) is 0 Å². The summed E-state index contributed by atoms with van der Waals surface area (Å²) in [5.74, 6) is -0.265. The van der Waals surface area contributed by atoms with E-state index in [-0.39, 0.29) is 42.8 Å². The highest BCUT2D eigenvalue weighted by atomic mass is 16.6. The van der Waals surface area contributed by atoms with Crippen LogP contribution in [0.1, 0.15) is 6.42 Å². The summed E-state index contributed by atoms with van der Waals surface area (Å²) in [6, 6.07) is -0.192. The number of rotatable bonds is 0. The Hall–Kier alpha value is -1.30. The van der Waals surface area contributed by atoms with Gasteiger partial charge in [0, 0.05) is 7.05 Å². The number of hydrogen-bond acceptors (Lipinski definition) is 5. The van der Waals surface area contributed by atoms with Gasteiger partial charge in [-0.2, -0.15) is 0 Å². The molecule has 3 fully saturated rings. The minimum atomic E-state index is -0.378. The highest BCUT2D eigenvalue weighted by molar-refractivity contribution is 5.74. The number of fused-ring (bicyclic) bond motifs is 3. The molecule has 0 aromatic carbocycles. The van der Waals surface area contributed by atoms with E-state index in [9.17, 15) is 9.59 Å². The monoisotopic (exact) mass is 213 g/mol. The number of carbonyl (C=O) groups is 2. The van der Waals surface area contributed by atoms with Crippen molar-refractivity contribution in [3.63, 3.8) is 0 Å². The SMILES string of the molecule is CN1C(=O)O[C@@H]2CO[C@H]3CC(=O)O[C@H]3[C@@H]21. The highest BCUT2D eigenvalue weighted by Gasteiger charge is 2.55. The van der Waals surface area contributed by atoms with Gasteiger partial charge < -0.3 is 19.1 Å². The summed E-state index contributed by atoms with van der Waals surface area (Å²) in [7, 11) is 1.65. The molecule has 0 saturated carbocycles. The summed E-state index contributed by atoms with van der Waals surface area (Å²) < 4.78 is 15.7. The topological polar surface area (TPSA) is 65.1 Å². The number of esters is 1. The Bertz CT molecular complexity index is 330. The van der Waals surface area contributed by atoms with E-state index in [1.165, 1.54) is 4.90 Å². The third kappa shape index (κ3) is 1.14. The molecule has 0 unspecified atom stereocenters. The summed E-state index contributed by atoms with van der Waals surface area (Å²) in [5, 5.41) is 0. The number of ether oxygens (including phenoxy) is 3. The van der Waals surface area contributed by atoms with Crippen LogP contribution in [-0.2, 0) is 19.0 Å². The van der Waals surface area contributed by atoms with Crippen LogP contribution in [0, 0.1) is 0 Å². The van der Waals surface area contributed by atoms with E-state index >= 15 is 0 Å². The average molecular weight is 213 g/mol. The quantitative estimate of drug-likeness (QED) is 0.508. The maximum atomic E-state index is 11.3. The molecule has 0 aliphatic carbocycles. The molecule has 0 radical (unpaired) electrons. The lowest BCUT2D eigenvalue weighted by Crippen LogP contribution is -2.54. The van der Waals surface area contributed by atoms with E-state index in [2.05, 4.69) is 0 Å². The van der Waals surface area contributed by atoms with Crippen LogP contribution >= 0.6 is 0 Å². The summed E-state index contributed by atoms with van der Waals surface area (Å²) in [6.07, 6.45) is -1.01. The van der Waals surface area contributed by atoms with E-state index in [1.807, 2.05) is 0 Å². The third-order valence-electron chi connectivity index (χ3n) is 3.18. The smallest absolute Gasteiger partial charge is 0.410 e. The largest absolute Gasteiger partial charge is 0.457 e. The summed E-state index contributed by atoms with van der Waals surface area (Å²) in [5.41, 5.74) is 0. The number of hydrogen-bond donors (Lipinski definition) is 0. The molecule has 0 spiro atoms. The van der Waals surface area contributed by atoms with Crippen LogP contribution in [0.4, 0.5) is 4.79 Å². The standard InChI is InChI=1S/C9H11NO5/c1-10-7-5(14-9(10)12)3-13-4-2-6(11)15-8(4)7/h4-5,7-8H,2-3H2,1H3/t4-,5+,7+,8+/m0/s1. The zero-order valence-corrected chi connectivity index (χ0v) is 8.21. The van der Waals surface area contributed by atoms with E-state index < -0.39 is 0 Å². The summed E-state index contributed by atoms with van der Waals surface area (Å²) in [6.45, 7) is 0.346. The van der Waals surface area contributed by atoms with E-state index in [0.29, 0.717) is 6.61 Å². The lowest BCUT2D eigenvalue weighted by Gasteiger charge is -2.34. The molecule has 0 aromatic rings. The fourth-order valence-corrected chi connectivity index (χ4v) is 2.44. The van der Waals surface area contributed by atoms with Gasteiger partial charge in [0.15, 0.2) is 12.2 Å². The highest BCUT2D eigenvalue weighted by Crippen LogP contribution is 2.34. The van der Waals surface area contributed by atoms with Crippen LogP contribution in [-0.4, -0.2) is 55.0 Å². The molecular formula is C9H11NO5. The van der Waals surface area contributed by atoms with Gasteiger partial charge in [-0.3, -0.25) is 4.79 Å². The van der Waals surface area contributed by atoms with E-state index in [0.717, 1.165) is 0 Å². The number of amides is 1. The van der Waals surface area contributed by atoms with Crippen molar-refractivity contribution in [1.29, 1.82) is 0 Å². The first-order valence-corrected chi connectivity index (χ1v) is 4.91. The minimum absolute atomic E-state index is 0.192. The van der Waals surface area contributed by atoms with Gasteiger partial charge in [0.25, 0.3) is 0 Å². The Labute approximate surface area is 86.1 Å². The van der Waals surface area contributed by atoms with Crippen molar-refractivity contribution < 1.29 is 23.8 Å². The number of carbonyl (C=O) groups excluding carboxylic acids is 2. The normalized spacial score (nSPS) is 43.4. The lowest BCUT2D eigenvalue weighted by molar-refractivity contribution is -0.149. The Morgan fingerprint density at radius 3 is 2.87 bits per heavy atom. The van der Waals surface area contributed by atoms with Gasteiger partial charge in [-0.25, -0.2) is 4.79 Å². The number of likely N-dealkylation sites (N-methyl/N-ethyl adjacent to an activating group) is 1. The number of nitrogens with zero attached hydrogens (tertiary/aromatic N) is 1. The van der Waals surface area contributed by atoms with E-state index in [4.69, 9.17) is 14.2 Å². The molecule has 6 nitrogen and oxygen atoms in total. The summed E-state index contributed by atoms with van der Waals surface area (Å²) in [4.78, 5) is 23.9. The molecule has 1 amide bonds. The fourth-order valence-electron chi connectivity index (χ4n) is 2.44. The molecule has 6 heteroatoms. The molecule has 15 heavy (non-hydrogen) atoms. The van der Waals surface area contributed by atoms with Crippen molar-refractivity contribution in [1.82, 2.24) is 4.90 Å². The summed E-state index contributed by atoms with van der Waals surface area (Å²) >= 11 is 0. The Balaban J connectivity index is 1.89. The third-order valence-corrected chi connectivity index (χ3v) is 3.18. The van der Waals surface area contributed by atoms with Gasteiger partial charge in [-0.05, 0) is 0 Å². The van der Waals surface area contributed by atoms with Crippen LogP contribution in [0.15, 0.2) is 0 Å². The van der Waals surface area contributed by atoms with Crippen LogP contribution in [0.25, 0.3) is 0 Å². The molecule has 3 saturated heterocycles. The first kappa shape index (κ1) is 8.96. The van der Waals surface area contributed by atoms with Crippen LogP contribution in [0.2, 0.25) is 0 Å². The zero-order valence-electron chi connectivity index (χ0n) is 8.21. The zero-order chi connectivity index (χ0) is 10.6. The second-order valence-corrected chi connectivity index (χ2v) is 4.05. The molecule has 82 valence electrons. The molecule has 0 N–H and O–H groups in total. The first-order valence-electron chi connectivity index (χ1n) is 4.91.